The molecule has 3 fully saturated rings. The van der Waals surface area contributed by atoms with Crippen LogP contribution in [0.2, 0.25) is 0 Å². The second kappa shape index (κ2) is 9.54. The molecule has 3 saturated heterocycles. The molecule has 0 aliphatic carbocycles. The number of benzene rings is 3. The highest BCUT2D eigenvalue weighted by molar-refractivity contribution is 7.85. The number of rotatable bonds is 5. The van der Waals surface area contributed by atoms with E-state index in [1.807, 2.05) is 78.9 Å². The molecule has 0 aromatic heterocycles. The van der Waals surface area contributed by atoms with Gasteiger partial charge in [0, 0.05) is 17.0 Å². The number of fused-ring (bicyclic) bond motifs is 3. The summed E-state index contributed by atoms with van der Waals surface area (Å²) in [5, 5.41) is 0. The summed E-state index contributed by atoms with van der Waals surface area (Å²) in [5.74, 6) is 0. The molecule has 0 bridgehead atoms. The Kier molecular flexibility index (Phi) is 6.12. The van der Waals surface area contributed by atoms with Gasteiger partial charge in [-0.3, -0.25) is 9.11 Å². The first kappa shape index (κ1) is 22.4. The lowest BCUT2D eigenvalue weighted by Crippen LogP contribution is -2.63. The number of nitrogens with zero attached hydrogens (tertiary/aromatic N) is 1. The number of amides is 1. The summed E-state index contributed by atoms with van der Waals surface area (Å²) in [6.45, 7) is 0.564. The summed E-state index contributed by atoms with van der Waals surface area (Å²) >= 11 is 0. The van der Waals surface area contributed by atoms with Gasteiger partial charge >= 0.3 is 6.09 Å². The molecule has 3 heterocycles. The molecule has 7 atom stereocenters. The lowest BCUT2D eigenvalue weighted by atomic mass is 9.96. The number of carbonyl (C=O) groups excluding carboxylic acids is 1. The third-order valence-electron chi connectivity index (χ3n) is 6.59. The van der Waals surface area contributed by atoms with Gasteiger partial charge in [-0.25, -0.2) is 4.79 Å². The zero-order valence-corrected chi connectivity index (χ0v) is 19.7. The summed E-state index contributed by atoms with van der Waals surface area (Å²) in [6, 6.07) is 27.9. The molecule has 0 N–H and O–H groups in total. The molecular formula is C27H25NO6S. The topological polar surface area (TPSA) is 74.3 Å². The second-order valence-corrected chi connectivity index (χ2v) is 10.3. The van der Waals surface area contributed by atoms with Gasteiger partial charge in [0.05, 0.1) is 17.4 Å². The van der Waals surface area contributed by atoms with Crippen LogP contribution in [-0.4, -0.2) is 51.6 Å². The number of hydrogen-bond acceptors (Lipinski definition) is 6. The minimum atomic E-state index is -1.54. The van der Waals surface area contributed by atoms with Crippen LogP contribution < -0.4 is 0 Å². The largest absolute Gasteiger partial charge is 0.441 e. The maximum atomic E-state index is 13.7. The van der Waals surface area contributed by atoms with Crippen molar-refractivity contribution in [3.05, 3.63) is 102 Å². The van der Waals surface area contributed by atoms with Gasteiger partial charge in [-0.05, 0) is 17.7 Å². The molecule has 0 radical (unpaired) electrons. The fraction of sp³-hybridized carbons (Fsp3) is 0.296. The van der Waals surface area contributed by atoms with E-state index in [0.717, 1.165) is 11.1 Å². The Morgan fingerprint density at radius 2 is 1.49 bits per heavy atom. The first-order chi connectivity index (χ1) is 17.2. The zero-order valence-electron chi connectivity index (χ0n) is 18.8. The van der Waals surface area contributed by atoms with Gasteiger partial charge in [-0.2, -0.15) is 0 Å². The van der Waals surface area contributed by atoms with Crippen LogP contribution >= 0.6 is 0 Å². The average molecular weight is 492 g/mol. The predicted octanol–water partition coefficient (Wildman–Crippen LogP) is 4.02. The second-order valence-electron chi connectivity index (χ2n) is 8.78. The van der Waals surface area contributed by atoms with Crippen molar-refractivity contribution in [2.45, 2.75) is 47.5 Å². The normalized spacial score (nSPS) is 30.7. The van der Waals surface area contributed by atoms with Crippen LogP contribution in [0.3, 0.4) is 0 Å². The maximum Gasteiger partial charge on any atom is 0.411 e. The van der Waals surface area contributed by atoms with Crippen LogP contribution in [0.5, 0.6) is 0 Å². The van der Waals surface area contributed by atoms with E-state index in [1.54, 1.807) is 17.0 Å². The van der Waals surface area contributed by atoms with Crippen LogP contribution in [0.4, 0.5) is 4.79 Å². The first-order valence-corrected chi connectivity index (χ1v) is 12.8. The smallest absolute Gasteiger partial charge is 0.411 e. The van der Waals surface area contributed by atoms with Gasteiger partial charge < -0.3 is 18.9 Å². The molecule has 180 valence electrons. The Morgan fingerprint density at radius 3 is 2.20 bits per heavy atom. The predicted molar refractivity (Wildman–Crippen MR) is 128 cm³/mol. The standard InChI is InChI=1S/C27H25NO6S/c29-27-28(16-18-10-4-1-5-11-18)22-24(34-27)23-21(17-31-25(33-23)19-12-6-2-7-13-19)32-26(22)35(30)20-14-8-3-9-15-20/h1-15,21-26H,16-17H2/t21-,22-,23-,24-,25-,26+,35+/m1/s1. The number of ether oxygens (including phenoxy) is 4. The molecule has 3 aromatic carbocycles. The Bertz CT molecular complexity index is 1190. The molecular weight excluding hydrogens is 466 g/mol. The Balaban J connectivity index is 1.34. The fourth-order valence-corrected chi connectivity index (χ4v) is 6.41. The zero-order chi connectivity index (χ0) is 23.8. The Hall–Kier alpha value is -3.04. The van der Waals surface area contributed by atoms with E-state index >= 15 is 0 Å². The molecule has 35 heavy (non-hydrogen) atoms. The van der Waals surface area contributed by atoms with E-state index in [-0.39, 0.29) is 6.61 Å². The highest BCUT2D eigenvalue weighted by atomic mass is 32.2. The van der Waals surface area contributed by atoms with Crippen molar-refractivity contribution in [3.8, 4) is 0 Å². The summed E-state index contributed by atoms with van der Waals surface area (Å²) in [6.07, 6.45) is -2.77. The molecule has 6 rings (SSSR count). The first-order valence-electron chi connectivity index (χ1n) is 11.6. The third kappa shape index (κ3) is 4.27. The average Bonchev–Trinajstić information content (AvgIpc) is 3.25. The lowest BCUT2D eigenvalue weighted by Gasteiger charge is -2.46. The summed E-state index contributed by atoms with van der Waals surface area (Å²) in [7, 11) is -1.54. The SMILES string of the molecule is O=C1O[C@H]2[C@@H]3O[C@H](c4ccccc4)OC[C@H]3O[C@@H]([S@@](=O)c3ccccc3)[C@@H]2N1Cc1ccccc1. The van der Waals surface area contributed by atoms with Crippen molar-refractivity contribution in [2.24, 2.45) is 0 Å². The third-order valence-corrected chi connectivity index (χ3v) is 8.14. The van der Waals surface area contributed by atoms with Crippen molar-refractivity contribution in [3.63, 3.8) is 0 Å². The minimum absolute atomic E-state index is 0.242. The van der Waals surface area contributed by atoms with Gasteiger partial charge in [0.2, 0.25) is 0 Å². The van der Waals surface area contributed by atoms with Crippen LogP contribution in [0, 0.1) is 0 Å². The molecule has 3 aliphatic heterocycles. The van der Waals surface area contributed by atoms with Gasteiger partial charge in [-0.1, -0.05) is 78.9 Å². The number of hydrogen-bond donors (Lipinski definition) is 0. The van der Waals surface area contributed by atoms with E-state index in [1.165, 1.54) is 0 Å². The maximum absolute atomic E-state index is 13.7. The van der Waals surface area contributed by atoms with Crippen LogP contribution in [0.15, 0.2) is 95.9 Å². The van der Waals surface area contributed by atoms with Crippen molar-refractivity contribution in [1.29, 1.82) is 0 Å². The molecule has 1 amide bonds. The highest BCUT2D eigenvalue weighted by Crippen LogP contribution is 2.42. The van der Waals surface area contributed by atoms with Crippen LogP contribution in [0.25, 0.3) is 0 Å². The molecule has 7 nitrogen and oxygen atoms in total. The van der Waals surface area contributed by atoms with E-state index < -0.39 is 53.0 Å². The quantitative estimate of drug-likeness (QED) is 0.537. The summed E-state index contributed by atoms with van der Waals surface area (Å²) in [5.41, 5.74) is 1.04. The van der Waals surface area contributed by atoms with Gasteiger partial charge in [0.15, 0.2) is 17.8 Å². The monoisotopic (exact) mass is 491 g/mol. The van der Waals surface area contributed by atoms with Gasteiger partial charge in [0.1, 0.15) is 18.2 Å². The van der Waals surface area contributed by atoms with Gasteiger partial charge in [0.25, 0.3) is 0 Å². The molecule has 3 aliphatic rings. The summed E-state index contributed by atoms with van der Waals surface area (Å²) < 4.78 is 38.3. The van der Waals surface area contributed by atoms with Crippen molar-refractivity contribution in [2.75, 3.05) is 6.61 Å². The number of carbonyl (C=O) groups is 1. The van der Waals surface area contributed by atoms with E-state index in [0.29, 0.717) is 11.4 Å². The molecule has 0 saturated carbocycles. The Morgan fingerprint density at radius 1 is 0.829 bits per heavy atom. The van der Waals surface area contributed by atoms with Crippen LogP contribution in [0.1, 0.15) is 17.4 Å². The van der Waals surface area contributed by atoms with Crippen molar-refractivity contribution in [1.82, 2.24) is 4.90 Å². The van der Waals surface area contributed by atoms with E-state index in [2.05, 4.69) is 0 Å². The van der Waals surface area contributed by atoms with Crippen LogP contribution in [-0.2, 0) is 36.3 Å². The molecule has 0 unspecified atom stereocenters. The fourth-order valence-electron chi connectivity index (χ4n) is 4.92. The van der Waals surface area contributed by atoms with Crippen molar-refractivity contribution < 1.29 is 28.0 Å². The molecule has 0 spiro atoms. The van der Waals surface area contributed by atoms with Gasteiger partial charge in [-0.15, -0.1) is 0 Å². The Labute approximate surface area is 206 Å². The highest BCUT2D eigenvalue weighted by Gasteiger charge is 2.60. The molecule has 3 aromatic rings. The lowest BCUT2D eigenvalue weighted by molar-refractivity contribution is -0.303. The summed E-state index contributed by atoms with van der Waals surface area (Å²) in [4.78, 5) is 15.4. The molecule has 8 heteroatoms. The van der Waals surface area contributed by atoms with Crippen molar-refractivity contribution >= 4 is 16.9 Å². The van der Waals surface area contributed by atoms with E-state index in [4.69, 9.17) is 18.9 Å². The van der Waals surface area contributed by atoms with E-state index in [9.17, 15) is 9.00 Å². The minimum Gasteiger partial charge on any atom is -0.441 e.